The Labute approximate surface area is 117 Å². The summed E-state index contributed by atoms with van der Waals surface area (Å²) in [4.78, 5) is 13.2. The lowest BCUT2D eigenvalue weighted by atomic mass is 10.1. The molecule has 1 saturated carbocycles. The van der Waals surface area contributed by atoms with Crippen LogP contribution in [-0.4, -0.2) is 12.5 Å². The topological polar surface area (TPSA) is 42.2 Å². The van der Waals surface area contributed by atoms with Gasteiger partial charge in [0.15, 0.2) is 10.4 Å². The molecule has 5 heteroatoms. The molecular formula is C13H12BrNO2S. The molecule has 1 fully saturated rings. The van der Waals surface area contributed by atoms with Crippen molar-refractivity contribution in [2.24, 2.45) is 0 Å². The normalized spacial score (nSPS) is 16.5. The summed E-state index contributed by atoms with van der Waals surface area (Å²) < 4.78 is 5.80. The van der Waals surface area contributed by atoms with Gasteiger partial charge in [-0.3, -0.25) is 4.79 Å². The van der Waals surface area contributed by atoms with Gasteiger partial charge in [0.05, 0.1) is 0 Å². The summed E-state index contributed by atoms with van der Waals surface area (Å²) in [5.74, 6) is 0.201. The first-order chi connectivity index (χ1) is 8.70. The number of carbonyl (C=O) groups is 1. The minimum atomic E-state index is -0.150. The van der Waals surface area contributed by atoms with Gasteiger partial charge >= 0.3 is 0 Å². The van der Waals surface area contributed by atoms with Gasteiger partial charge in [-0.05, 0) is 52.4 Å². The highest BCUT2D eigenvalue weighted by Crippen LogP contribution is 2.49. The van der Waals surface area contributed by atoms with Gasteiger partial charge in [-0.1, -0.05) is 6.07 Å². The molecule has 2 heterocycles. The molecule has 0 radical (unpaired) electrons. The standard InChI is InChI=1S/C13H12BrNO2S/c14-11-4-3-9(17-11)12(16)15-8-13(5-6-13)10-2-1-7-18-10/h1-4,7H,5-6,8H2,(H,15,16). The van der Waals surface area contributed by atoms with Gasteiger partial charge in [0.1, 0.15) is 0 Å². The monoisotopic (exact) mass is 325 g/mol. The molecule has 3 nitrogen and oxygen atoms in total. The first-order valence-corrected chi connectivity index (χ1v) is 7.44. The lowest BCUT2D eigenvalue weighted by Gasteiger charge is -2.13. The Kier molecular flexibility index (Phi) is 3.03. The zero-order valence-corrected chi connectivity index (χ0v) is 12.0. The first kappa shape index (κ1) is 12.0. The zero-order valence-electron chi connectivity index (χ0n) is 9.61. The number of nitrogens with one attached hydrogen (secondary N) is 1. The molecule has 0 spiro atoms. The van der Waals surface area contributed by atoms with E-state index in [4.69, 9.17) is 4.42 Å². The smallest absolute Gasteiger partial charge is 0.287 e. The number of amides is 1. The van der Waals surface area contributed by atoms with E-state index in [1.807, 2.05) is 0 Å². The molecule has 0 unspecified atom stereocenters. The molecule has 0 bridgehead atoms. The number of hydrogen-bond donors (Lipinski definition) is 1. The summed E-state index contributed by atoms with van der Waals surface area (Å²) in [5, 5.41) is 5.04. The van der Waals surface area contributed by atoms with Crippen LogP contribution in [0.3, 0.4) is 0 Å². The fourth-order valence-corrected chi connectivity index (χ4v) is 3.31. The third kappa shape index (κ3) is 2.24. The van der Waals surface area contributed by atoms with Crippen LogP contribution in [0.2, 0.25) is 0 Å². The van der Waals surface area contributed by atoms with Gasteiger partial charge < -0.3 is 9.73 Å². The summed E-state index contributed by atoms with van der Waals surface area (Å²) in [7, 11) is 0. The maximum absolute atomic E-state index is 11.9. The number of thiophene rings is 1. The predicted molar refractivity (Wildman–Crippen MR) is 74.0 cm³/mol. The Hall–Kier alpha value is -1.07. The second-order valence-corrected chi connectivity index (χ2v) is 6.27. The molecule has 1 N–H and O–H groups in total. The van der Waals surface area contributed by atoms with Gasteiger partial charge in [0, 0.05) is 16.8 Å². The molecule has 1 aliphatic rings. The highest BCUT2D eigenvalue weighted by molar-refractivity contribution is 9.10. The predicted octanol–water partition coefficient (Wildman–Crippen LogP) is 3.57. The summed E-state index contributed by atoms with van der Waals surface area (Å²) in [6, 6.07) is 7.60. The Morgan fingerprint density at radius 1 is 1.44 bits per heavy atom. The highest BCUT2D eigenvalue weighted by Gasteiger charge is 2.45. The maximum atomic E-state index is 11.9. The number of hydrogen-bond acceptors (Lipinski definition) is 3. The Morgan fingerprint density at radius 3 is 2.83 bits per heavy atom. The molecule has 18 heavy (non-hydrogen) atoms. The van der Waals surface area contributed by atoms with Crippen LogP contribution in [0.1, 0.15) is 28.3 Å². The summed E-state index contributed by atoms with van der Waals surface area (Å²) in [6.45, 7) is 0.685. The third-order valence-electron chi connectivity index (χ3n) is 3.28. The fraction of sp³-hybridized carbons (Fsp3) is 0.308. The average Bonchev–Trinajstić information content (AvgIpc) is 2.82. The van der Waals surface area contributed by atoms with E-state index < -0.39 is 0 Å². The van der Waals surface area contributed by atoms with Crippen LogP contribution in [0, 0.1) is 0 Å². The Bertz CT molecular complexity index is 557. The van der Waals surface area contributed by atoms with E-state index in [9.17, 15) is 4.79 Å². The van der Waals surface area contributed by atoms with E-state index in [0.717, 1.165) is 12.8 Å². The summed E-state index contributed by atoms with van der Waals surface area (Å²) in [5.41, 5.74) is 0.174. The van der Waals surface area contributed by atoms with Crippen molar-refractivity contribution < 1.29 is 9.21 Å². The van der Waals surface area contributed by atoms with E-state index in [0.29, 0.717) is 17.0 Å². The SMILES string of the molecule is O=C(NCC1(c2cccs2)CC1)c1ccc(Br)o1. The Balaban J connectivity index is 1.64. The van der Waals surface area contributed by atoms with Crippen molar-refractivity contribution in [1.82, 2.24) is 5.32 Å². The van der Waals surface area contributed by atoms with Crippen molar-refractivity contribution in [2.75, 3.05) is 6.54 Å². The van der Waals surface area contributed by atoms with E-state index in [-0.39, 0.29) is 11.3 Å². The molecule has 2 aromatic heterocycles. The molecule has 1 amide bonds. The van der Waals surface area contributed by atoms with E-state index in [1.54, 1.807) is 23.5 Å². The second-order valence-electron chi connectivity index (χ2n) is 4.54. The molecule has 0 atom stereocenters. The second kappa shape index (κ2) is 4.55. The fourth-order valence-electron chi connectivity index (χ4n) is 2.01. The molecule has 94 valence electrons. The van der Waals surface area contributed by atoms with Crippen molar-refractivity contribution in [2.45, 2.75) is 18.3 Å². The van der Waals surface area contributed by atoms with Crippen molar-refractivity contribution in [3.63, 3.8) is 0 Å². The maximum Gasteiger partial charge on any atom is 0.287 e. The van der Waals surface area contributed by atoms with Gasteiger partial charge in [-0.25, -0.2) is 0 Å². The molecule has 0 aromatic carbocycles. The minimum Gasteiger partial charge on any atom is -0.444 e. The molecule has 3 rings (SSSR count). The third-order valence-corrected chi connectivity index (χ3v) is 4.82. The quantitative estimate of drug-likeness (QED) is 0.933. The van der Waals surface area contributed by atoms with Gasteiger partial charge in [-0.2, -0.15) is 0 Å². The van der Waals surface area contributed by atoms with Crippen molar-refractivity contribution in [3.8, 4) is 0 Å². The lowest BCUT2D eigenvalue weighted by molar-refractivity contribution is 0.0921. The van der Waals surface area contributed by atoms with Crippen LogP contribution in [0.25, 0.3) is 0 Å². The molecular weight excluding hydrogens is 314 g/mol. The van der Waals surface area contributed by atoms with Crippen molar-refractivity contribution >= 4 is 33.2 Å². The molecule has 1 aliphatic carbocycles. The summed E-state index contributed by atoms with van der Waals surface area (Å²) >= 11 is 4.95. The van der Waals surface area contributed by atoms with E-state index in [2.05, 4.69) is 38.8 Å². The molecule has 0 saturated heterocycles. The van der Waals surface area contributed by atoms with Crippen LogP contribution in [-0.2, 0) is 5.41 Å². The van der Waals surface area contributed by atoms with Crippen LogP contribution in [0.15, 0.2) is 38.7 Å². The first-order valence-electron chi connectivity index (χ1n) is 5.77. The van der Waals surface area contributed by atoms with E-state index >= 15 is 0 Å². The minimum absolute atomic E-state index is 0.150. The van der Waals surface area contributed by atoms with Crippen LogP contribution < -0.4 is 5.32 Å². The van der Waals surface area contributed by atoms with Crippen LogP contribution in [0.4, 0.5) is 0 Å². The average molecular weight is 326 g/mol. The molecule has 0 aliphatic heterocycles. The number of halogens is 1. The highest BCUT2D eigenvalue weighted by atomic mass is 79.9. The van der Waals surface area contributed by atoms with Crippen molar-refractivity contribution in [1.29, 1.82) is 0 Å². The number of furan rings is 1. The summed E-state index contributed by atoms with van der Waals surface area (Å²) in [6.07, 6.45) is 2.30. The Morgan fingerprint density at radius 2 is 2.28 bits per heavy atom. The molecule has 2 aromatic rings. The largest absolute Gasteiger partial charge is 0.444 e. The van der Waals surface area contributed by atoms with Gasteiger partial charge in [0.2, 0.25) is 0 Å². The van der Waals surface area contributed by atoms with E-state index in [1.165, 1.54) is 4.88 Å². The van der Waals surface area contributed by atoms with Crippen LogP contribution >= 0.6 is 27.3 Å². The van der Waals surface area contributed by atoms with Crippen molar-refractivity contribution in [3.05, 3.63) is 45.0 Å². The number of rotatable bonds is 4. The van der Waals surface area contributed by atoms with Gasteiger partial charge in [0.25, 0.3) is 5.91 Å². The number of carbonyl (C=O) groups excluding carboxylic acids is 1. The zero-order chi connectivity index (χ0) is 12.6. The van der Waals surface area contributed by atoms with Crippen LogP contribution in [0.5, 0.6) is 0 Å². The lowest BCUT2D eigenvalue weighted by Crippen LogP contribution is -2.31. The van der Waals surface area contributed by atoms with Gasteiger partial charge in [-0.15, -0.1) is 11.3 Å².